The monoisotopic (exact) mass is 200 g/mol. The molecule has 0 aromatic heterocycles. The van der Waals surface area contributed by atoms with Crippen LogP contribution >= 0.6 is 0 Å². The highest BCUT2D eigenvalue weighted by Gasteiger charge is 2.23. The molecule has 0 aliphatic heterocycles. The van der Waals surface area contributed by atoms with Gasteiger partial charge in [0.2, 0.25) is 0 Å². The van der Waals surface area contributed by atoms with Crippen LogP contribution in [0.3, 0.4) is 0 Å². The van der Waals surface area contributed by atoms with E-state index in [1.54, 1.807) is 0 Å². The lowest BCUT2D eigenvalue weighted by Crippen LogP contribution is -2.39. The van der Waals surface area contributed by atoms with Gasteiger partial charge in [-0.05, 0) is 45.2 Å². The van der Waals surface area contributed by atoms with E-state index >= 15 is 0 Å². The Morgan fingerprint density at radius 3 is 2.43 bits per heavy atom. The van der Waals surface area contributed by atoms with Crippen LogP contribution in [0, 0.1) is 5.92 Å². The van der Waals surface area contributed by atoms with Crippen LogP contribution in [0.25, 0.3) is 0 Å². The molecule has 4 heteroatoms. The average molecular weight is 200 g/mol. The normalized spacial score (nSPS) is 27.9. The van der Waals surface area contributed by atoms with E-state index < -0.39 is 5.97 Å². The van der Waals surface area contributed by atoms with Crippen molar-refractivity contribution in [3.05, 3.63) is 0 Å². The summed E-state index contributed by atoms with van der Waals surface area (Å²) in [5, 5.41) is 8.65. The molecule has 1 saturated carbocycles. The first-order valence-corrected chi connectivity index (χ1v) is 5.25. The van der Waals surface area contributed by atoms with E-state index in [2.05, 4.69) is 0 Å². The van der Waals surface area contributed by atoms with Crippen molar-refractivity contribution < 1.29 is 9.90 Å². The Kier molecular flexibility index (Phi) is 4.35. The Bertz CT molecular complexity index is 189. The zero-order valence-electron chi connectivity index (χ0n) is 8.78. The zero-order chi connectivity index (χ0) is 10.6. The molecule has 1 fully saturated rings. The quantitative estimate of drug-likeness (QED) is 0.694. The molecule has 0 bridgehead atoms. The van der Waals surface area contributed by atoms with Gasteiger partial charge < -0.3 is 10.8 Å². The van der Waals surface area contributed by atoms with Crippen LogP contribution < -0.4 is 5.73 Å². The van der Waals surface area contributed by atoms with Crippen LogP contribution in [-0.4, -0.2) is 42.2 Å². The van der Waals surface area contributed by atoms with Gasteiger partial charge in [0.1, 0.15) is 0 Å². The first kappa shape index (κ1) is 11.5. The fraction of sp³-hybridized carbons (Fsp3) is 0.900. The zero-order valence-corrected chi connectivity index (χ0v) is 8.78. The standard InChI is InChI=1S/C10H20N2O2/c1-12(7-10(13)14)9-4-2-8(6-11)3-5-9/h8-9H,2-7,11H2,1H3,(H,13,14). The highest BCUT2D eigenvalue weighted by molar-refractivity contribution is 5.69. The summed E-state index contributed by atoms with van der Waals surface area (Å²) in [5.74, 6) is -0.0853. The van der Waals surface area contributed by atoms with Crippen molar-refractivity contribution in [1.29, 1.82) is 0 Å². The third kappa shape index (κ3) is 3.27. The summed E-state index contributed by atoms with van der Waals surface area (Å²) < 4.78 is 0. The predicted molar refractivity (Wildman–Crippen MR) is 55.1 cm³/mol. The molecule has 1 rings (SSSR count). The van der Waals surface area contributed by atoms with E-state index in [1.807, 2.05) is 11.9 Å². The summed E-state index contributed by atoms with van der Waals surface area (Å²) in [4.78, 5) is 12.5. The number of carbonyl (C=O) groups is 1. The Morgan fingerprint density at radius 2 is 2.00 bits per heavy atom. The smallest absolute Gasteiger partial charge is 0.317 e. The van der Waals surface area contributed by atoms with Crippen LogP contribution in [-0.2, 0) is 4.79 Å². The average Bonchev–Trinajstić information content (AvgIpc) is 2.17. The first-order chi connectivity index (χ1) is 6.63. The topological polar surface area (TPSA) is 66.6 Å². The molecular weight excluding hydrogens is 180 g/mol. The van der Waals surface area contributed by atoms with Crippen LogP contribution in [0.5, 0.6) is 0 Å². The summed E-state index contributed by atoms with van der Waals surface area (Å²) in [6.07, 6.45) is 4.47. The van der Waals surface area contributed by atoms with E-state index in [9.17, 15) is 4.79 Å². The van der Waals surface area contributed by atoms with E-state index in [0.717, 1.165) is 32.2 Å². The highest BCUT2D eigenvalue weighted by Crippen LogP contribution is 2.25. The third-order valence-corrected chi connectivity index (χ3v) is 3.16. The Labute approximate surface area is 85.1 Å². The molecule has 4 nitrogen and oxygen atoms in total. The number of hydrogen-bond acceptors (Lipinski definition) is 3. The maximum atomic E-state index is 10.5. The van der Waals surface area contributed by atoms with E-state index in [0.29, 0.717) is 12.0 Å². The second-order valence-electron chi connectivity index (χ2n) is 4.22. The maximum Gasteiger partial charge on any atom is 0.317 e. The molecule has 0 heterocycles. The van der Waals surface area contributed by atoms with Crippen molar-refractivity contribution >= 4 is 5.97 Å². The number of aliphatic carboxylic acids is 1. The number of nitrogens with two attached hydrogens (primary N) is 1. The van der Waals surface area contributed by atoms with Crippen molar-refractivity contribution in [3.8, 4) is 0 Å². The lowest BCUT2D eigenvalue weighted by atomic mass is 9.85. The molecular formula is C10H20N2O2. The number of rotatable bonds is 4. The second-order valence-corrected chi connectivity index (χ2v) is 4.22. The largest absolute Gasteiger partial charge is 0.480 e. The Balaban J connectivity index is 2.30. The lowest BCUT2D eigenvalue weighted by molar-refractivity contribution is -0.138. The number of likely N-dealkylation sites (N-methyl/N-ethyl adjacent to an activating group) is 1. The summed E-state index contributed by atoms with van der Waals surface area (Å²) in [5.41, 5.74) is 5.60. The molecule has 0 saturated heterocycles. The number of hydrogen-bond donors (Lipinski definition) is 2. The van der Waals surface area contributed by atoms with E-state index in [1.165, 1.54) is 0 Å². The SMILES string of the molecule is CN(CC(=O)O)C1CCC(CN)CC1. The summed E-state index contributed by atoms with van der Waals surface area (Å²) in [7, 11) is 1.89. The Morgan fingerprint density at radius 1 is 1.43 bits per heavy atom. The molecule has 0 aromatic rings. The molecule has 1 aliphatic rings. The van der Waals surface area contributed by atoms with Crippen molar-refractivity contribution in [3.63, 3.8) is 0 Å². The van der Waals surface area contributed by atoms with Crippen molar-refractivity contribution in [2.45, 2.75) is 31.7 Å². The molecule has 82 valence electrons. The summed E-state index contributed by atoms with van der Waals surface area (Å²) >= 11 is 0. The number of carboxylic acid groups (broad SMARTS) is 1. The van der Waals surface area contributed by atoms with Crippen LogP contribution in [0.15, 0.2) is 0 Å². The molecule has 0 spiro atoms. The van der Waals surface area contributed by atoms with Gasteiger partial charge in [-0.25, -0.2) is 0 Å². The van der Waals surface area contributed by atoms with Crippen molar-refractivity contribution in [2.24, 2.45) is 11.7 Å². The number of nitrogens with zero attached hydrogens (tertiary/aromatic N) is 1. The molecule has 0 unspecified atom stereocenters. The van der Waals surface area contributed by atoms with Gasteiger partial charge in [-0.15, -0.1) is 0 Å². The van der Waals surface area contributed by atoms with Gasteiger partial charge in [0.05, 0.1) is 6.54 Å². The minimum atomic E-state index is -0.742. The van der Waals surface area contributed by atoms with E-state index in [-0.39, 0.29) is 6.54 Å². The maximum absolute atomic E-state index is 10.5. The van der Waals surface area contributed by atoms with Gasteiger partial charge in [0.25, 0.3) is 0 Å². The van der Waals surface area contributed by atoms with Crippen LogP contribution in [0.4, 0.5) is 0 Å². The van der Waals surface area contributed by atoms with Gasteiger partial charge in [-0.3, -0.25) is 9.69 Å². The number of carboxylic acids is 1. The van der Waals surface area contributed by atoms with Crippen molar-refractivity contribution in [2.75, 3.05) is 20.1 Å². The molecule has 14 heavy (non-hydrogen) atoms. The Hall–Kier alpha value is -0.610. The predicted octanol–water partition coefficient (Wildman–Crippen LogP) is 0.520. The summed E-state index contributed by atoms with van der Waals surface area (Å²) in [6.45, 7) is 0.924. The fourth-order valence-electron chi connectivity index (χ4n) is 2.16. The molecule has 1 aliphatic carbocycles. The molecule has 0 aromatic carbocycles. The second kappa shape index (κ2) is 5.32. The minimum Gasteiger partial charge on any atom is -0.480 e. The lowest BCUT2D eigenvalue weighted by Gasteiger charge is -2.33. The van der Waals surface area contributed by atoms with Crippen LogP contribution in [0.1, 0.15) is 25.7 Å². The van der Waals surface area contributed by atoms with Gasteiger partial charge in [0.15, 0.2) is 0 Å². The highest BCUT2D eigenvalue weighted by atomic mass is 16.4. The molecule has 0 atom stereocenters. The van der Waals surface area contributed by atoms with Gasteiger partial charge in [0, 0.05) is 6.04 Å². The van der Waals surface area contributed by atoms with Gasteiger partial charge in [-0.2, -0.15) is 0 Å². The minimum absolute atomic E-state index is 0.151. The van der Waals surface area contributed by atoms with Gasteiger partial charge >= 0.3 is 5.97 Å². The van der Waals surface area contributed by atoms with Crippen molar-refractivity contribution in [1.82, 2.24) is 4.90 Å². The van der Waals surface area contributed by atoms with Crippen LogP contribution in [0.2, 0.25) is 0 Å². The first-order valence-electron chi connectivity index (χ1n) is 5.25. The third-order valence-electron chi connectivity index (χ3n) is 3.16. The summed E-state index contributed by atoms with van der Waals surface area (Å²) in [6, 6.07) is 0.439. The molecule has 3 N–H and O–H groups in total. The van der Waals surface area contributed by atoms with Gasteiger partial charge in [-0.1, -0.05) is 0 Å². The molecule has 0 radical (unpaired) electrons. The molecule has 0 amide bonds. The van der Waals surface area contributed by atoms with E-state index in [4.69, 9.17) is 10.8 Å². The fourth-order valence-corrected chi connectivity index (χ4v) is 2.16.